The van der Waals surface area contributed by atoms with E-state index in [4.69, 9.17) is 9.15 Å². The summed E-state index contributed by atoms with van der Waals surface area (Å²) in [5.41, 5.74) is 0.250. The van der Waals surface area contributed by atoms with Gasteiger partial charge in [-0.2, -0.15) is 0 Å². The number of nitrogens with one attached hydrogen (secondary N) is 1. The normalized spacial score (nSPS) is 10.4. The number of benzene rings is 1. The van der Waals surface area contributed by atoms with Gasteiger partial charge in [0.1, 0.15) is 0 Å². The summed E-state index contributed by atoms with van der Waals surface area (Å²) in [5, 5.41) is 21.5. The topological polar surface area (TPSA) is 103 Å². The Morgan fingerprint density at radius 3 is 2.89 bits per heavy atom. The molecule has 8 heteroatoms. The van der Waals surface area contributed by atoms with Gasteiger partial charge in [-0.05, 0) is 13.1 Å². The van der Waals surface area contributed by atoms with Crippen LogP contribution in [0.2, 0.25) is 0 Å². The SMILES string of the molecule is CNCc1nnc(-c2cccc([N+](=O)[O-])c2OC)o1. The summed E-state index contributed by atoms with van der Waals surface area (Å²) in [5.74, 6) is 0.684. The minimum atomic E-state index is -0.521. The van der Waals surface area contributed by atoms with Crippen molar-refractivity contribution in [2.75, 3.05) is 14.2 Å². The maximum absolute atomic E-state index is 10.9. The molecular formula is C11H12N4O4. The van der Waals surface area contributed by atoms with Crippen LogP contribution in [0.1, 0.15) is 5.89 Å². The van der Waals surface area contributed by atoms with Gasteiger partial charge < -0.3 is 14.5 Å². The standard InChI is InChI=1S/C11H12N4O4/c1-12-6-9-13-14-11(19-9)7-4-3-5-8(15(16)17)10(7)18-2/h3-5,12H,6H2,1-2H3. The van der Waals surface area contributed by atoms with Gasteiger partial charge in [-0.25, -0.2) is 0 Å². The number of nitro groups is 1. The molecule has 100 valence electrons. The van der Waals surface area contributed by atoms with Crippen LogP contribution in [-0.2, 0) is 6.54 Å². The zero-order valence-corrected chi connectivity index (χ0v) is 10.4. The molecular weight excluding hydrogens is 252 g/mol. The summed E-state index contributed by atoms with van der Waals surface area (Å²) in [6.45, 7) is 0.421. The Bertz CT molecular complexity index is 596. The van der Waals surface area contributed by atoms with Crippen LogP contribution in [0.15, 0.2) is 22.6 Å². The molecule has 0 unspecified atom stereocenters. The molecule has 0 spiro atoms. The predicted octanol–water partition coefficient (Wildman–Crippen LogP) is 1.37. The number of aromatic nitrogens is 2. The predicted molar refractivity (Wildman–Crippen MR) is 65.7 cm³/mol. The Labute approximate surface area is 108 Å². The van der Waals surface area contributed by atoms with E-state index in [1.807, 2.05) is 0 Å². The van der Waals surface area contributed by atoms with Gasteiger partial charge in [0.2, 0.25) is 11.6 Å². The lowest BCUT2D eigenvalue weighted by molar-refractivity contribution is -0.385. The minimum Gasteiger partial charge on any atom is -0.490 e. The molecule has 1 N–H and O–H groups in total. The molecule has 0 aliphatic heterocycles. The highest BCUT2D eigenvalue weighted by Gasteiger charge is 2.22. The van der Waals surface area contributed by atoms with Crippen LogP contribution >= 0.6 is 0 Å². The summed E-state index contributed by atoms with van der Waals surface area (Å²) in [4.78, 5) is 10.4. The fourth-order valence-electron chi connectivity index (χ4n) is 1.64. The third-order valence-corrected chi connectivity index (χ3v) is 2.42. The van der Waals surface area contributed by atoms with E-state index in [1.54, 1.807) is 13.1 Å². The highest BCUT2D eigenvalue weighted by atomic mass is 16.6. The van der Waals surface area contributed by atoms with Crippen molar-refractivity contribution >= 4 is 5.69 Å². The third kappa shape index (κ3) is 2.52. The fraction of sp³-hybridized carbons (Fsp3) is 0.273. The van der Waals surface area contributed by atoms with Crippen LogP contribution in [0, 0.1) is 10.1 Å². The molecule has 0 amide bonds. The zero-order valence-electron chi connectivity index (χ0n) is 10.4. The van der Waals surface area contributed by atoms with Crippen LogP contribution < -0.4 is 10.1 Å². The van der Waals surface area contributed by atoms with Crippen molar-refractivity contribution < 1.29 is 14.1 Å². The third-order valence-electron chi connectivity index (χ3n) is 2.42. The highest BCUT2D eigenvalue weighted by molar-refractivity contribution is 5.69. The number of ether oxygens (including phenoxy) is 1. The first-order valence-corrected chi connectivity index (χ1v) is 5.46. The van der Waals surface area contributed by atoms with Crippen LogP contribution in [0.3, 0.4) is 0 Å². The second-order valence-corrected chi connectivity index (χ2v) is 3.65. The molecule has 2 aromatic rings. The Hall–Kier alpha value is -2.48. The summed E-state index contributed by atoms with van der Waals surface area (Å²) in [7, 11) is 3.11. The van der Waals surface area contributed by atoms with Crippen molar-refractivity contribution in [2.45, 2.75) is 6.54 Å². The summed E-state index contributed by atoms with van der Waals surface area (Å²) in [6.07, 6.45) is 0. The molecule has 0 aliphatic carbocycles. The van der Waals surface area contributed by atoms with Crippen molar-refractivity contribution in [3.05, 3.63) is 34.2 Å². The van der Waals surface area contributed by atoms with Crippen molar-refractivity contribution in [2.24, 2.45) is 0 Å². The Morgan fingerprint density at radius 1 is 1.47 bits per heavy atom. The smallest absolute Gasteiger partial charge is 0.311 e. The van der Waals surface area contributed by atoms with E-state index in [0.717, 1.165) is 0 Å². The van der Waals surface area contributed by atoms with Gasteiger partial charge in [-0.3, -0.25) is 10.1 Å². The van der Waals surface area contributed by atoms with E-state index >= 15 is 0 Å². The van der Waals surface area contributed by atoms with Crippen LogP contribution in [0.4, 0.5) is 5.69 Å². The average Bonchev–Trinajstić information content (AvgIpc) is 2.86. The number of hydrogen-bond acceptors (Lipinski definition) is 7. The first-order valence-electron chi connectivity index (χ1n) is 5.46. The van der Waals surface area contributed by atoms with E-state index in [0.29, 0.717) is 18.0 Å². The number of nitrogens with zero attached hydrogens (tertiary/aromatic N) is 3. The first kappa shape index (κ1) is 13.0. The fourth-order valence-corrected chi connectivity index (χ4v) is 1.64. The van der Waals surface area contributed by atoms with Gasteiger partial charge in [-0.1, -0.05) is 6.07 Å². The monoisotopic (exact) mass is 264 g/mol. The van der Waals surface area contributed by atoms with Crippen LogP contribution in [0.25, 0.3) is 11.5 Å². The molecule has 0 atom stereocenters. The van der Waals surface area contributed by atoms with E-state index in [-0.39, 0.29) is 17.3 Å². The van der Waals surface area contributed by atoms with Crippen molar-refractivity contribution in [1.29, 1.82) is 0 Å². The number of hydrogen-bond donors (Lipinski definition) is 1. The van der Waals surface area contributed by atoms with Gasteiger partial charge in [0.25, 0.3) is 5.89 Å². The number of methoxy groups -OCH3 is 1. The molecule has 19 heavy (non-hydrogen) atoms. The lowest BCUT2D eigenvalue weighted by Gasteiger charge is -2.05. The maximum Gasteiger partial charge on any atom is 0.311 e. The molecule has 0 aliphatic rings. The molecule has 0 radical (unpaired) electrons. The second kappa shape index (κ2) is 5.44. The maximum atomic E-state index is 10.9. The number of rotatable bonds is 5. The van der Waals surface area contributed by atoms with Gasteiger partial charge >= 0.3 is 5.69 Å². The molecule has 0 fully saturated rings. The van der Waals surface area contributed by atoms with Crippen LogP contribution in [0.5, 0.6) is 5.75 Å². The molecule has 1 heterocycles. The van der Waals surface area contributed by atoms with Crippen molar-refractivity contribution in [1.82, 2.24) is 15.5 Å². The molecule has 1 aromatic heterocycles. The second-order valence-electron chi connectivity index (χ2n) is 3.65. The van der Waals surface area contributed by atoms with Crippen molar-refractivity contribution in [3.8, 4) is 17.2 Å². The van der Waals surface area contributed by atoms with E-state index in [9.17, 15) is 10.1 Å². The Morgan fingerprint density at radius 2 is 2.26 bits per heavy atom. The highest BCUT2D eigenvalue weighted by Crippen LogP contribution is 2.36. The molecule has 0 saturated heterocycles. The van der Waals surface area contributed by atoms with E-state index in [1.165, 1.54) is 19.2 Å². The Balaban J connectivity index is 2.48. The lowest BCUT2D eigenvalue weighted by Crippen LogP contribution is -2.04. The average molecular weight is 264 g/mol. The Kier molecular flexibility index (Phi) is 3.71. The van der Waals surface area contributed by atoms with E-state index in [2.05, 4.69) is 15.5 Å². The largest absolute Gasteiger partial charge is 0.490 e. The van der Waals surface area contributed by atoms with Gasteiger partial charge in [0.05, 0.1) is 24.1 Å². The van der Waals surface area contributed by atoms with E-state index < -0.39 is 4.92 Å². The van der Waals surface area contributed by atoms with Gasteiger partial charge in [0.15, 0.2) is 0 Å². The first-order chi connectivity index (χ1) is 9.17. The quantitative estimate of drug-likeness (QED) is 0.642. The summed E-state index contributed by atoms with van der Waals surface area (Å²) in [6, 6.07) is 4.52. The lowest BCUT2D eigenvalue weighted by atomic mass is 10.1. The van der Waals surface area contributed by atoms with Crippen LogP contribution in [-0.4, -0.2) is 29.3 Å². The number of para-hydroxylation sites is 1. The van der Waals surface area contributed by atoms with Gasteiger partial charge in [-0.15, -0.1) is 10.2 Å². The summed E-state index contributed by atoms with van der Waals surface area (Å²) >= 11 is 0. The van der Waals surface area contributed by atoms with Gasteiger partial charge in [0, 0.05) is 6.07 Å². The number of nitro benzene ring substituents is 1. The van der Waals surface area contributed by atoms with Crippen molar-refractivity contribution in [3.63, 3.8) is 0 Å². The minimum absolute atomic E-state index is 0.104. The molecule has 0 bridgehead atoms. The molecule has 2 rings (SSSR count). The molecule has 8 nitrogen and oxygen atoms in total. The molecule has 1 aromatic carbocycles. The zero-order chi connectivity index (χ0) is 13.8. The summed E-state index contributed by atoms with van der Waals surface area (Å²) < 4.78 is 10.5. The molecule has 0 saturated carbocycles.